The van der Waals surface area contributed by atoms with E-state index in [0.29, 0.717) is 118 Å². The summed E-state index contributed by atoms with van der Waals surface area (Å²) >= 11 is 20.3. The summed E-state index contributed by atoms with van der Waals surface area (Å²) in [5, 5.41) is 74.8. The minimum atomic E-state index is -0.519. The highest BCUT2D eigenvalue weighted by atomic mass is 35.5. The van der Waals surface area contributed by atoms with Crippen molar-refractivity contribution in [2.24, 2.45) is 20.2 Å². The molecule has 0 saturated carbocycles. The molecule has 10 aromatic heterocycles. The average molecular weight is 2180 g/mol. The number of hydrogen-bond acceptors (Lipinski definition) is 35. The molecule has 0 spiro atoms. The fourth-order valence-electron chi connectivity index (χ4n) is 13.7. The number of H-pyrrole nitrogens is 5. The molecule has 2 aliphatic rings. The molecule has 0 unspecified atom stereocenters. The first-order valence-corrected chi connectivity index (χ1v) is 54.1. The van der Waals surface area contributed by atoms with Crippen LogP contribution in [0.15, 0.2) is 340 Å². The third-order valence-electron chi connectivity index (χ3n) is 20.5. The minimum absolute atomic E-state index is 0. The fourth-order valence-corrected chi connectivity index (χ4v) is 21.5. The van der Waals surface area contributed by atoms with Gasteiger partial charge in [0, 0.05) is 67.4 Å². The average Bonchev–Trinajstić information content (AvgIpc) is 1.39. The van der Waals surface area contributed by atoms with Crippen molar-refractivity contribution in [2.75, 3.05) is 12.4 Å². The normalized spacial score (nSPS) is 11.2. The number of halogens is 1. The van der Waals surface area contributed by atoms with Crippen LogP contribution in [0.4, 0.5) is 5.69 Å². The summed E-state index contributed by atoms with van der Waals surface area (Å²) in [7, 11) is 0. The highest BCUT2D eigenvalue weighted by Crippen LogP contribution is 2.37. The lowest BCUT2D eigenvalue weighted by Gasteiger charge is -2.08. The number of ketones is 1. The molecule has 742 valence electrons. The van der Waals surface area contributed by atoms with Gasteiger partial charge in [-0.25, -0.2) is 50.2 Å². The lowest BCUT2D eigenvalue weighted by atomic mass is 10.1. The number of benzene rings is 7. The molecule has 0 atom stereocenters. The summed E-state index contributed by atoms with van der Waals surface area (Å²) in [5.74, 6) is 4.27. The Morgan fingerprint density at radius 2 is 0.893 bits per heavy atom. The Bertz CT molecular complexity index is 8370. The number of nitrogens with zero attached hydrogens (tertiary/aromatic N) is 17. The predicted molar refractivity (Wildman–Crippen MR) is 595 cm³/mol. The van der Waals surface area contributed by atoms with Gasteiger partial charge in [-0.1, -0.05) is 304 Å². The van der Waals surface area contributed by atoms with E-state index in [4.69, 9.17) is 28.3 Å². The maximum Gasteiger partial charge on any atom is 0.276 e. The van der Waals surface area contributed by atoms with Gasteiger partial charge >= 0.3 is 0 Å². The minimum Gasteiger partial charge on any atom is -0.508 e. The number of aryl methyl sites for hydroxylation is 2. The van der Waals surface area contributed by atoms with Crippen molar-refractivity contribution >= 4 is 151 Å². The topological polar surface area (TPSA) is 486 Å². The van der Waals surface area contributed by atoms with Gasteiger partial charge in [0.2, 0.25) is 5.88 Å². The molecular weight excluding hydrogens is 2090 g/mol. The van der Waals surface area contributed by atoms with Crippen LogP contribution in [0, 0.1) is 70.2 Å². The number of nitrogens with one attached hydrogen (secondary N) is 6. The van der Waals surface area contributed by atoms with Crippen molar-refractivity contribution < 1.29 is 14.7 Å². The van der Waals surface area contributed by atoms with E-state index < -0.39 is 16.7 Å². The largest absolute Gasteiger partial charge is 0.508 e. The number of rotatable bonds is 28. The zero-order valence-corrected chi connectivity index (χ0v) is 87.5. The SMILES string of the molecule is C.C=C1N=C(c2cccc(CSc3nc(-c4cccs4)c(C#N)c(=O)[nH]3)c2)NO1.CC(C)Sc1nc(-c2ccccc2)c(C#N)c(=O)[nH]1.CCc1cccc(CSc2nc(-c3cccs3)c(C#N)c(=O)[nH]2)c1.Cc1cccc(CSc2nc(Cl)c(C#N)c(-c3ccccc3)n2)c1.N#Cc1c(-c2cccs2)nc(SCc2cccc(C3=NCN=N3)c2)[nH]c1=O.[C-]#[N+]c1c(-c2cccs2)nc(SCC(=O)Cc2ccccc2O)[nH]c1=O. The molecule has 2 aliphatic heterocycles. The highest BCUT2D eigenvalue weighted by molar-refractivity contribution is 8.00. The Morgan fingerprint density at radius 3 is 1.36 bits per heavy atom. The zero-order chi connectivity index (χ0) is 104. The van der Waals surface area contributed by atoms with E-state index >= 15 is 0 Å². The van der Waals surface area contributed by atoms with E-state index in [1.54, 1.807) is 24.3 Å². The van der Waals surface area contributed by atoms with Gasteiger partial charge in [0.25, 0.3) is 33.5 Å². The van der Waals surface area contributed by atoms with Crippen molar-refractivity contribution in [1.29, 1.82) is 26.3 Å². The van der Waals surface area contributed by atoms with Gasteiger partial charge in [0.1, 0.15) is 86.8 Å². The lowest BCUT2D eigenvalue weighted by Crippen LogP contribution is -2.17. The van der Waals surface area contributed by atoms with Crippen LogP contribution in [-0.4, -0.2) is 100 Å². The van der Waals surface area contributed by atoms with Gasteiger partial charge in [0.15, 0.2) is 54.4 Å². The number of thioether (sulfide) groups is 6. The second-order valence-electron chi connectivity index (χ2n) is 31.2. The monoisotopic (exact) mass is 2170 g/mol. The number of aromatic nitrogens is 12. The number of aliphatic imine (C=N–C) groups is 2. The zero-order valence-electron chi connectivity index (χ0n) is 78.6. The molecular formula is C107H84ClN23O8S10. The van der Waals surface area contributed by atoms with Crippen LogP contribution in [0.25, 0.3) is 69.6 Å². The van der Waals surface area contributed by atoms with Crippen LogP contribution < -0.4 is 33.3 Å². The summed E-state index contributed by atoms with van der Waals surface area (Å²) in [5.41, 5.74) is 14.6. The number of carbonyl (C=O) groups is 1. The van der Waals surface area contributed by atoms with Gasteiger partial charge in [-0.15, -0.1) is 50.5 Å². The smallest absolute Gasteiger partial charge is 0.276 e. The van der Waals surface area contributed by atoms with Gasteiger partial charge in [-0.05, 0) is 112 Å². The Balaban J connectivity index is 0.000000149. The number of aromatic hydroxyl groups is 1. The molecule has 19 rings (SSSR count). The van der Waals surface area contributed by atoms with Gasteiger partial charge in [0.05, 0.1) is 44.0 Å². The molecule has 149 heavy (non-hydrogen) atoms. The van der Waals surface area contributed by atoms with Crippen molar-refractivity contribution in [3.63, 3.8) is 0 Å². The van der Waals surface area contributed by atoms with E-state index in [0.717, 1.165) is 76.8 Å². The second-order valence-corrected chi connectivity index (χ2v) is 41.7. The van der Waals surface area contributed by atoms with E-state index in [1.807, 2.05) is 223 Å². The third-order valence-corrected chi connectivity index (χ3v) is 29.9. The van der Waals surface area contributed by atoms with Crippen molar-refractivity contribution in [1.82, 2.24) is 65.3 Å². The van der Waals surface area contributed by atoms with E-state index in [-0.39, 0.29) is 80.5 Å². The van der Waals surface area contributed by atoms with Crippen molar-refractivity contribution in [2.45, 2.75) is 107 Å². The number of Topliss-reactive ketones (excluding diaryl/α,β-unsaturated/α-hetero) is 1. The maximum atomic E-state index is 12.3. The van der Waals surface area contributed by atoms with Crippen molar-refractivity contribution in [3.05, 3.63) is 411 Å². The number of thiophene rings is 4. The van der Waals surface area contributed by atoms with Crippen LogP contribution in [0.3, 0.4) is 0 Å². The molecule has 7 aromatic carbocycles. The van der Waals surface area contributed by atoms with Crippen LogP contribution in [-0.2, 0) is 45.5 Å². The first-order chi connectivity index (χ1) is 71.9. The molecule has 0 fully saturated rings. The molecule has 0 saturated heterocycles. The highest BCUT2D eigenvalue weighted by Gasteiger charge is 2.24. The molecule has 0 bridgehead atoms. The first-order valence-electron chi connectivity index (χ1n) is 44.4. The summed E-state index contributed by atoms with van der Waals surface area (Å²) in [6.45, 7) is 19.4. The molecule has 12 heterocycles. The number of phenolic OH excluding ortho intramolecular Hbond substituents is 1. The first kappa shape index (κ1) is 110. The second kappa shape index (κ2) is 54.9. The maximum absolute atomic E-state index is 12.3. The molecule has 0 aliphatic carbocycles. The Kier molecular flexibility index (Phi) is 40.6. The third kappa shape index (κ3) is 30.6. The number of amidine groups is 2. The number of hydroxylamine groups is 1. The van der Waals surface area contributed by atoms with E-state index in [1.165, 1.54) is 132 Å². The van der Waals surface area contributed by atoms with E-state index in [9.17, 15) is 54.9 Å². The number of carbonyl (C=O) groups excluding carboxylic acids is 1. The Hall–Kier alpha value is -16.1. The number of para-hydroxylation sites is 1. The van der Waals surface area contributed by atoms with Crippen LogP contribution in [0.2, 0.25) is 5.15 Å². The van der Waals surface area contributed by atoms with Gasteiger partial charge < -0.3 is 34.9 Å². The molecule has 7 N–H and O–H groups in total. The Morgan fingerprint density at radius 1 is 0.477 bits per heavy atom. The van der Waals surface area contributed by atoms with Crippen LogP contribution >= 0.6 is 128 Å². The number of nitriles is 5. The number of azo groups is 1. The van der Waals surface area contributed by atoms with E-state index in [2.05, 4.69) is 153 Å². The molecule has 0 amide bonds. The summed E-state index contributed by atoms with van der Waals surface area (Å²) in [6, 6.07) is 82.5. The van der Waals surface area contributed by atoms with Crippen LogP contribution in [0.5, 0.6) is 5.75 Å². The van der Waals surface area contributed by atoms with Gasteiger partial charge in [-0.2, -0.15) is 36.4 Å². The lowest BCUT2D eigenvalue weighted by molar-refractivity contribution is -0.116. The molecule has 17 aromatic rings. The fraction of sp³-hybridized carbons (Fsp3) is 0.131. The predicted octanol–water partition coefficient (Wildman–Crippen LogP) is 23.8. The van der Waals surface area contributed by atoms with Crippen LogP contribution in [0.1, 0.15) is 106 Å². The standard InChI is InChI=1S/C19H14ClN3S.C19H13N5O2S2.C18H12N6OS2.C18H13N3O3S2.C18H15N3OS2.C14H13N3OS.CH4/c1-13-6-5-7-14(10-13)12-24-19-22-17(15-8-3-2-4-9-15)16(11-21)18(20)23-19;1-11-21-17(24-26-11)13-5-2-4-12(8-13)10-28-19-22-16(15-6-3-7-27-15)14(9-20)18(25)23-19;19-8-13-15(14-5-2-6-26-14)22-18(23-17(13)25)27-9-11-3-1-4-12(7-11)16-20-10-21-24-16;1-19-16-15(14-7-4-8-25-14)20-18(21-17(16)24)26-10-12(22)9-11-5-2-3-6-13(11)23;1-2-12-5-3-6-13(9-12)11-24-18-20-16(15-7-4-8-23-15)14(10-19)17(22)21-18;1-9(2)19-14-16-12(10-6-4-3-5-7-10)11(8-15)13(18)17-14;/h2-10H,12H2,1H3;2-8H,1,10H2,(H,21,24)(H,22,23,25);1-7H,9-10H2,(H,22,23,25);2-8,23H,9-10H2,(H,20,21,24);3-9H,2,11H2,1H3,(H,20,21,22);3-7,9H,1-2H3,(H,16,17,18);1H4. The summed E-state index contributed by atoms with van der Waals surface area (Å²) in [6.07, 6.45) is 1.09. The van der Waals surface area contributed by atoms with Crippen molar-refractivity contribution in [3.8, 4) is 101 Å². The molecule has 31 nitrogen and oxygen atoms in total. The summed E-state index contributed by atoms with van der Waals surface area (Å²) in [4.78, 5) is 137. The number of phenols is 1. The Labute approximate surface area is 900 Å². The summed E-state index contributed by atoms with van der Waals surface area (Å²) < 4.78 is 0. The molecule has 0 radical (unpaired) electrons. The quantitative estimate of drug-likeness (QED) is 0.0104. The van der Waals surface area contributed by atoms with Gasteiger partial charge in [-0.3, -0.25) is 28.8 Å². The number of hydrogen-bond donors (Lipinski definition) is 7. The molecule has 42 heteroatoms. The number of aromatic amines is 5.